The van der Waals surface area contributed by atoms with E-state index in [-0.39, 0.29) is 6.09 Å². The number of hydrogen-bond acceptors (Lipinski definition) is 3. The number of hydrogen-bond donors (Lipinski definition) is 0. The third-order valence-corrected chi connectivity index (χ3v) is 8.27. The first-order valence-electron chi connectivity index (χ1n) is 19.3. The van der Waals surface area contributed by atoms with Gasteiger partial charge >= 0.3 is 6.09 Å². The highest BCUT2D eigenvalue weighted by molar-refractivity contribution is 5.68. The van der Waals surface area contributed by atoms with Gasteiger partial charge in [-0.2, -0.15) is 0 Å². The van der Waals surface area contributed by atoms with E-state index in [4.69, 9.17) is 4.74 Å². The molecule has 0 aromatic rings. The lowest BCUT2D eigenvalue weighted by atomic mass is 10.1. The molecule has 0 radical (unpaired) electrons. The van der Waals surface area contributed by atoms with Gasteiger partial charge < -0.3 is 14.5 Å². The Balaban J connectivity index is 4.08. The zero-order chi connectivity index (χ0) is 32.9. The van der Waals surface area contributed by atoms with Gasteiger partial charge in [0.15, 0.2) is 0 Å². The lowest BCUT2D eigenvalue weighted by Gasteiger charge is -2.20. The van der Waals surface area contributed by atoms with Crippen molar-refractivity contribution in [3.63, 3.8) is 0 Å². The molecule has 45 heavy (non-hydrogen) atoms. The Morgan fingerprint density at radius 1 is 0.467 bits per heavy atom. The second kappa shape index (κ2) is 36.7. The number of likely N-dealkylation sites (N-methyl/N-ethyl adjacent to an activating group) is 1. The van der Waals surface area contributed by atoms with Crippen LogP contribution in [0.3, 0.4) is 0 Å². The van der Waals surface area contributed by atoms with Crippen LogP contribution in [0, 0.1) is 0 Å². The molecule has 0 aliphatic heterocycles. The van der Waals surface area contributed by atoms with E-state index in [9.17, 15) is 4.79 Å². The molecule has 4 heteroatoms. The first kappa shape index (κ1) is 43.2. The first-order chi connectivity index (χ1) is 22.1. The molecular weight excluding hydrogens is 552 g/mol. The third kappa shape index (κ3) is 34.9. The summed E-state index contributed by atoms with van der Waals surface area (Å²) in [5.74, 6) is 0. The Kier molecular flexibility index (Phi) is 35.2. The fourth-order valence-corrected chi connectivity index (χ4v) is 5.23. The van der Waals surface area contributed by atoms with E-state index >= 15 is 0 Å². The maximum atomic E-state index is 12.7. The molecule has 0 unspecified atom stereocenters. The predicted octanol–water partition coefficient (Wildman–Crippen LogP) is 12.6. The molecular formula is C41H76N2O2. The Labute approximate surface area is 281 Å². The Bertz CT molecular complexity index is 677. The minimum atomic E-state index is -0.216. The molecule has 0 aliphatic rings. The summed E-state index contributed by atoms with van der Waals surface area (Å²) in [7, 11) is 3.99. The van der Waals surface area contributed by atoms with Crippen LogP contribution in [0.5, 0.6) is 0 Å². The molecule has 262 valence electrons. The number of allylic oxidation sites excluding steroid dienone is 6. The molecule has 0 rings (SSSR count). The molecule has 0 saturated carbocycles. The van der Waals surface area contributed by atoms with Crippen LogP contribution >= 0.6 is 0 Å². The number of rotatable bonds is 33. The topological polar surface area (TPSA) is 32.8 Å². The van der Waals surface area contributed by atoms with Crippen LogP contribution in [0.25, 0.3) is 0 Å². The Morgan fingerprint density at radius 3 is 1.13 bits per heavy atom. The zero-order valence-corrected chi connectivity index (χ0v) is 30.6. The third-order valence-electron chi connectivity index (χ3n) is 8.27. The van der Waals surface area contributed by atoms with Gasteiger partial charge in [0.25, 0.3) is 0 Å². The number of ether oxygens (including phenoxy) is 1. The van der Waals surface area contributed by atoms with E-state index in [1.165, 1.54) is 141 Å². The van der Waals surface area contributed by atoms with Crippen LogP contribution < -0.4 is 0 Å². The normalized spacial score (nSPS) is 12.2. The van der Waals surface area contributed by atoms with Crippen LogP contribution in [0.15, 0.2) is 48.6 Å². The van der Waals surface area contributed by atoms with Crippen molar-refractivity contribution in [3.05, 3.63) is 48.6 Å². The molecule has 0 heterocycles. The smallest absolute Gasteiger partial charge is 0.410 e. The average molecular weight is 629 g/mol. The van der Waals surface area contributed by atoms with E-state index in [2.05, 4.69) is 62.5 Å². The van der Waals surface area contributed by atoms with Gasteiger partial charge in [-0.05, 0) is 91.1 Å². The highest BCUT2D eigenvalue weighted by Gasteiger charge is 2.12. The summed E-state index contributed by atoms with van der Waals surface area (Å²) in [6.07, 6.45) is 49.1. The standard InChI is InChI=1S/C41H76N2O2/c1-5-7-9-11-13-15-17-19-21-23-25-27-29-31-33-35-37-43(41(44)45-40-39-42(3)4)38-36-34-32-30-28-26-24-22-20-18-16-14-12-10-8-6-2/h19-22,33-36H,5-18,23-32,37-40H2,1-4H3/b21-19-,22-20-,35-33?,36-34?. The van der Waals surface area contributed by atoms with E-state index < -0.39 is 0 Å². The van der Waals surface area contributed by atoms with Crippen molar-refractivity contribution in [2.24, 2.45) is 0 Å². The molecule has 0 fully saturated rings. The molecule has 4 nitrogen and oxygen atoms in total. The van der Waals surface area contributed by atoms with Crippen molar-refractivity contribution in [3.8, 4) is 0 Å². The van der Waals surface area contributed by atoms with Crippen molar-refractivity contribution >= 4 is 6.09 Å². The van der Waals surface area contributed by atoms with Crippen molar-refractivity contribution < 1.29 is 9.53 Å². The Morgan fingerprint density at radius 2 is 0.778 bits per heavy atom. The predicted molar refractivity (Wildman–Crippen MR) is 200 cm³/mol. The molecule has 0 aromatic carbocycles. The summed E-state index contributed by atoms with van der Waals surface area (Å²) in [4.78, 5) is 16.6. The summed E-state index contributed by atoms with van der Waals surface area (Å²) < 4.78 is 5.54. The van der Waals surface area contributed by atoms with Crippen molar-refractivity contribution in [2.75, 3.05) is 40.3 Å². The largest absolute Gasteiger partial charge is 0.448 e. The number of carbonyl (C=O) groups excluding carboxylic acids is 1. The second-order valence-corrected chi connectivity index (χ2v) is 13.1. The van der Waals surface area contributed by atoms with Gasteiger partial charge in [0.1, 0.15) is 6.61 Å². The van der Waals surface area contributed by atoms with Crippen LogP contribution in [0.1, 0.15) is 168 Å². The molecule has 0 aromatic heterocycles. The second-order valence-electron chi connectivity index (χ2n) is 13.1. The summed E-state index contributed by atoms with van der Waals surface area (Å²) in [5, 5.41) is 0. The highest BCUT2D eigenvalue weighted by Crippen LogP contribution is 2.10. The van der Waals surface area contributed by atoms with Gasteiger partial charge in [0.2, 0.25) is 0 Å². The summed E-state index contributed by atoms with van der Waals surface area (Å²) in [6.45, 7) is 6.94. The number of amides is 1. The maximum absolute atomic E-state index is 12.7. The lowest BCUT2D eigenvalue weighted by molar-refractivity contribution is 0.103. The summed E-state index contributed by atoms with van der Waals surface area (Å²) in [6, 6.07) is 0. The van der Waals surface area contributed by atoms with Gasteiger partial charge in [0, 0.05) is 19.6 Å². The fourth-order valence-electron chi connectivity index (χ4n) is 5.23. The lowest BCUT2D eigenvalue weighted by Crippen LogP contribution is -2.33. The van der Waals surface area contributed by atoms with Crippen LogP contribution in [0.4, 0.5) is 4.79 Å². The molecule has 0 N–H and O–H groups in total. The van der Waals surface area contributed by atoms with Crippen molar-refractivity contribution in [1.82, 2.24) is 9.80 Å². The van der Waals surface area contributed by atoms with Gasteiger partial charge in [-0.3, -0.25) is 0 Å². The van der Waals surface area contributed by atoms with E-state index in [1.54, 1.807) is 0 Å². The first-order valence-corrected chi connectivity index (χ1v) is 19.3. The maximum Gasteiger partial charge on any atom is 0.410 e. The SMILES string of the molecule is CCCCCCCC/C=C\CCCCCC=CCN(CC=CCCCCC/C=C\CCCCCCCC)C(=O)OCCN(C)C. The molecule has 0 spiro atoms. The molecule has 0 bridgehead atoms. The minimum absolute atomic E-state index is 0.216. The summed E-state index contributed by atoms with van der Waals surface area (Å²) >= 11 is 0. The molecule has 0 aliphatic carbocycles. The van der Waals surface area contributed by atoms with Crippen molar-refractivity contribution in [1.29, 1.82) is 0 Å². The number of carbonyl (C=O) groups is 1. The van der Waals surface area contributed by atoms with Gasteiger partial charge in [0.05, 0.1) is 0 Å². The Hall–Kier alpha value is -1.81. The van der Waals surface area contributed by atoms with Crippen LogP contribution in [-0.4, -0.2) is 56.2 Å². The number of nitrogens with zero attached hydrogens (tertiary/aromatic N) is 2. The van der Waals surface area contributed by atoms with E-state index in [0.717, 1.165) is 19.4 Å². The van der Waals surface area contributed by atoms with Crippen molar-refractivity contribution in [2.45, 2.75) is 168 Å². The minimum Gasteiger partial charge on any atom is -0.448 e. The monoisotopic (exact) mass is 629 g/mol. The number of unbranched alkanes of at least 4 members (excludes halogenated alkanes) is 20. The molecule has 0 saturated heterocycles. The molecule has 1 amide bonds. The summed E-state index contributed by atoms with van der Waals surface area (Å²) in [5.41, 5.74) is 0. The molecule has 0 atom stereocenters. The van der Waals surface area contributed by atoms with Crippen LogP contribution in [-0.2, 0) is 4.74 Å². The average Bonchev–Trinajstić information content (AvgIpc) is 3.03. The zero-order valence-electron chi connectivity index (χ0n) is 30.6. The fraction of sp³-hybridized carbons (Fsp3) is 0.780. The van der Waals surface area contributed by atoms with Gasteiger partial charge in [-0.1, -0.05) is 140 Å². The highest BCUT2D eigenvalue weighted by atomic mass is 16.6. The van der Waals surface area contributed by atoms with E-state index in [1.807, 2.05) is 23.9 Å². The van der Waals surface area contributed by atoms with E-state index in [0.29, 0.717) is 19.7 Å². The quantitative estimate of drug-likeness (QED) is 0.0535. The van der Waals surface area contributed by atoms with Gasteiger partial charge in [-0.15, -0.1) is 0 Å². The van der Waals surface area contributed by atoms with Gasteiger partial charge in [-0.25, -0.2) is 4.79 Å². The van der Waals surface area contributed by atoms with Crippen LogP contribution in [0.2, 0.25) is 0 Å².